The van der Waals surface area contributed by atoms with Crippen LogP contribution in [0.2, 0.25) is 0 Å². The van der Waals surface area contributed by atoms with E-state index in [1.165, 1.54) is 17.5 Å². The standard InChI is InChI=1S/C19H25NO/c1-3-15-5-4-9-18(12-15,13-20)19(21)10-8-16-7-6-14(2)11-17(16)19/h6-7,11,15,21H,3-5,8-10,12H2,1-2H3. The lowest BCUT2D eigenvalue weighted by Gasteiger charge is -2.46. The summed E-state index contributed by atoms with van der Waals surface area (Å²) in [6.45, 7) is 4.27. The van der Waals surface area contributed by atoms with Gasteiger partial charge in [0.1, 0.15) is 5.60 Å². The molecule has 2 heteroatoms. The summed E-state index contributed by atoms with van der Waals surface area (Å²) in [5.74, 6) is 0.580. The van der Waals surface area contributed by atoms with Gasteiger partial charge in [-0.25, -0.2) is 0 Å². The Morgan fingerprint density at radius 2 is 2.19 bits per heavy atom. The van der Waals surface area contributed by atoms with Crippen molar-refractivity contribution in [3.63, 3.8) is 0 Å². The minimum atomic E-state index is -0.947. The van der Waals surface area contributed by atoms with Gasteiger partial charge in [-0.3, -0.25) is 0 Å². The maximum atomic E-state index is 11.5. The lowest BCUT2D eigenvalue weighted by Crippen LogP contribution is -2.46. The van der Waals surface area contributed by atoms with Crippen molar-refractivity contribution in [3.05, 3.63) is 34.9 Å². The van der Waals surface area contributed by atoms with E-state index in [0.717, 1.165) is 37.7 Å². The van der Waals surface area contributed by atoms with Crippen LogP contribution in [-0.2, 0) is 12.0 Å². The SMILES string of the molecule is CCC1CCCC(C#N)(C2(O)CCc3ccc(C)cc32)C1. The van der Waals surface area contributed by atoms with Gasteiger partial charge in [0.25, 0.3) is 0 Å². The molecule has 0 bridgehead atoms. The van der Waals surface area contributed by atoms with Gasteiger partial charge in [-0.2, -0.15) is 5.26 Å². The van der Waals surface area contributed by atoms with Gasteiger partial charge in [0.05, 0.1) is 11.5 Å². The van der Waals surface area contributed by atoms with E-state index in [2.05, 4.69) is 38.1 Å². The van der Waals surface area contributed by atoms with Crippen LogP contribution in [0, 0.1) is 29.6 Å². The minimum absolute atomic E-state index is 0.580. The Kier molecular flexibility index (Phi) is 3.58. The highest BCUT2D eigenvalue weighted by Gasteiger charge is 2.56. The third kappa shape index (κ3) is 2.10. The van der Waals surface area contributed by atoms with Crippen LogP contribution in [0.3, 0.4) is 0 Å². The van der Waals surface area contributed by atoms with Gasteiger partial charge >= 0.3 is 0 Å². The summed E-state index contributed by atoms with van der Waals surface area (Å²) in [6.07, 6.45) is 6.67. The topological polar surface area (TPSA) is 44.0 Å². The molecule has 112 valence electrons. The molecule has 3 unspecified atom stereocenters. The van der Waals surface area contributed by atoms with Crippen LogP contribution < -0.4 is 0 Å². The number of nitriles is 1. The van der Waals surface area contributed by atoms with Crippen LogP contribution in [-0.4, -0.2) is 5.11 Å². The van der Waals surface area contributed by atoms with Crippen LogP contribution in [0.5, 0.6) is 0 Å². The summed E-state index contributed by atoms with van der Waals surface area (Å²) in [4.78, 5) is 0. The Labute approximate surface area is 127 Å². The minimum Gasteiger partial charge on any atom is -0.383 e. The third-order valence-electron chi connectivity index (χ3n) is 5.90. The number of hydrogen-bond acceptors (Lipinski definition) is 2. The fourth-order valence-corrected chi connectivity index (χ4v) is 4.55. The molecule has 3 atom stereocenters. The molecule has 1 aromatic rings. The summed E-state index contributed by atoms with van der Waals surface area (Å²) in [6, 6.07) is 8.93. The number of aliphatic hydroxyl groups is 1. The molecule has 1 saturated carbocycles. The Hall–Kier alpha value is -1.33. The zero-order chi connectivity index (χ0) is 15.1. The molecule has 2 nitrogen and oxygen atoms in total. The zero-order valence-electron chi connectivity index (χ0n) is 13.2. The van der Waals surface area contributed by atoms with Crippen molar-refractivity contribution in [2.45, 2.75) is 64.4 Å². The smallest absolute Gasteiger partial charge is 0.109 e. The highest BCUT2D eigenvalue weighted by Crippen LogP contribution is 2.56. The molecule has 0 saturated heterocycles. The van der Waals surface area contributed by atoms with E-state index in [1.807, 2.05) is 0 Å². The van der Waals surface area contributed by atoms with E-state index in [0.29, 0.717) is 12.3 Å². The maximum Gasteiger partial charge on any atom is 0.109 e. The molecule has 3 rings (SSSR count). The molecular weight excluding hydrogens is 258 g/mol. The zero-order valence-corrected chi connectivity index (χ0v) is 13.2. The molecule has 2 aliphatic carbocycles. The largest absolute Gasteiger partial charge is 0.383 e. The normalized spacial score (nSPS) is 35.2. The first-order chi connectivity index (χ1) is 10.0. The van der Waals surface area contributed by atoms with Crippen LogP contribution in [0.15, 0.2) is 18.2 Å². The summed E-state index contributed by atoms with van der Waals surface area (Å²) in [5, 5.41) is 21.5. The van der Waals surface area contributed by atoms with E-state index >= 15 is 0 Å². The third-order valence-corrected chi connectivity index (χ3v) is 5.90. The van der Waals surface area contributed by atoms with Gasteiger partial charge in [-0.15, -0.1) is 0 Å². The molecule has 0 radical (unpaired) electrons. The first kappa shape index (κ1) is 14.6. The fraction of sp³-hybridized carbons (Fsp3) is 0.632. The average Bonchev–Trinajstić information content (AvgIpc) is 2.85. The number of benzene rings is 1. The van der Waals surface area contributed by atoms with Gasteiger partial charge in [0.15, 0.2) is 0 Å². The van der Waals surface area contributed by atoms with Gasteiger partial charge in [0, 0.05) is 0 Å². The molecule has 2 aliphatic rings. The first-order valence-electron chi connectivity index (χ1n) is 8.28. The summed E-state index contributed by atoms with van der Waals surface area (Å²) < 4.78 is 0. The molecule has 0 heterocycles. The van der Waals surface area contributed by atoms with E-state index in [9.17, 15) is 10.4 Å². The maximum absolute atomic E-state index is 11.5. The van der Waals surface area contributed by atoms with Crippen LogP contribution >= 0.6 is 0 Å². The second-order valence-corrected chi connectivity index (χ2v) is 7.09. The van der Waals surface area contributed by atoms with Gasteiger partial charge in [0.2, 0.25) is 0 Å². The number of rotatable bonds is 2. The molecule has 1 N–H and O–H groups in total. The summed E-state index contributed by atoms with van der Waals surface area (Å²) in [5.41, 5.74) is 1.89. The van der Waals surface area contributed by atoms with Crippen LogP contribution in [0.25, 0.3) is 0 Å². The Bertz CT molecular complexity index is 588. The first-order valence-corrected chi connectivity index (χ1v) is 8.28. The lowest BCUT2D eigenvalue weighted by atomic mass is 9.59. The van der Waals surface area contributed by atoms with Gasteiger partial charge in [-0.05, 0) is 49.7 Å². The number of nitrogens with zero attached hydrogens (tertiary/aromatic N) is 1. The Morgan fingerprint density at radius 3 is 2.90 bits per heavy atom. The highest BCUT2D eigenvalue weighted by atomic mass is 16.3. The van der Waals surface area contributed by atoms with E-state index in [4.69, 9.17) is 0 Å². The highest BCUT2D eigenvalue weighted by molar-refractivity contribution is 5.43. The Morgan fingerprint density at radius 1 is 1.38 bits per heavy atom. The van der Waals surface area contributed by atoms with Gasteiger partial charge < -0.3 is 5.11 Å². The molecule has 0 aromatic heterocycles. The fourth-order valence-electron chi connectivity index (χ4n) is 4.55. The predicted octanol–water partition coefficient (Wildman–Crippen LogP) is 4.24. The number of fused-ring (bicyclic) bond motifs is 1. The van der Waals surface area contributed by atoms with Gasteiger partial charge in [-0.1, -0.05) is 49.9 Å². The van der Waals surface area contributed by atoms with Crippen molar-refractivity contribution >= 4 is 0 Å². The molecule has 0 aliphatic heterocycles. The second kappa shape index (κ2) is 5.14. The van der Waals surface area contributed by atoms with Crippen molar-refractivity contribution < 1.29 is 5.11 Å². The average molecular weight is 283 g/mol. The predicted molar refractivity (Wildman–Crippen MR) is 83.7 cm³/mol. The molecular formula is C19H25NO. The molecule has 1 fully saturated rings. The van der Waals surface area contributed by atoms with E-state index in [1.54, 1.807) is 0 Å². The van der Waals surface area contributed by atoms with E-state index in [-0.39, 0.29) is 0 Å². The van der Waals surface area contributed by atoms with Crippen molar-refractivity contribution in [1.82, 2.24) is 0 Å². The summed E-state index contributed by atoms with van der Waals surface area (Å²) in [7, 11) is 0. The van der Waals surface area contributed by atoms with Crippen LogP contribution in [0.1, 0.15) is 62.1 Å². The molecule has 0 amide bonds. The van der Waals surface area contributed by atoms with Crippen molar-refractivity contribution in [3.8, 4) is 6.07 Å². The Balaban J connectivity index is 2.06. The van der Waals surface area contributed by atoms with Crippen molar-refractivity contribution in [1.29, 1.82) is 5.26 Å². The van der Waals surface area contributed by atoms with E-state index < -0.39 is 11.0 Å². The molecule has 0 spiro atoms. The molecule has 1 aromatic carbocycles. The quantitative estimate of drug-likeness (QED) is 0.882. The second-order valence-electron chi connectivity index (χ2n) is 7.09. The summed E-state index contributed by atoms with van der Waals surface area (Å²) >= 11 is 0. The number of aryl methyl sites for hydroxylation is 2. The van der Waals surface area contributed by atoms with Crippen molar-refractivity contribution in [2.75, 3.05) is 0 Å². The number of hydrogen-bond donors (Lipinski definition) is 1. The van der Waals surface area contributed by atoms with Crippen LogP contribution in [0.4, 0.5) is 0 Å². The van der Waals surface area contributed by atoms with Crippen molar-refractivity contribution in [2.24, 2.45) is 11.3 Å². The lowest BCUT2D eigenvalue weighted by molar-refractivity contribution is -0.0870. The molecule has 21 heavy (non-hydrogen) atoms. The monoisotopic (exact) mass is 283 g/mol.